The van der Waals surface area contributed by atoms with Crippen LogP contribution in [0.3, 0.4) is 0 Å². The smallest absolute Gasteiger partial charge is 0.308 e. The number of nitrogens with zero attached hydrogens (tertiary/aromatic N) is 3. The van der Waals surface area contributed by atoms with Crippen LogP contribution in [0.15, 0.2) is 29.6 Å². The molecular formula is C40H58N4O7S2. The van der Waals surface area contributed by atoms with Gasteiger partial charge >= 0.3 is 11.9 Å². The van der Waals surface area contributed by atoms with Gasteiger partial charge in [0.15, 0.2) is 11.9 Å². The minimum Gasteiger partial charge on any atom is -0.469 e. The fourth-order valence-electron chi connectivity index (χ4n) is 7.42. The molecule has 2 amide bonds. The van der Waals surface area contributed by atoms with E-state index in [0.717, 1.165) is 48.4 Å². The molecule has 0 unspecified atom stereocenters. The van der Waals surface area contributed by atoms with Crippen molar-refractivity contribution in [2.45, 2.75) is 104 Å². The molecule has 2 fully saturated rings. The van der Waals surface area contributed by atoms with Gasteiger partial charge in [-0.1, -0.05) is 57.0 Å². The molecule has 13 heteroatoms. The third-order valence-corrected chi connectivity index (χ3v) is 13.0. The SMILES string of the molecule is COC(=O)[C@@H](C)C[C@H](Cc1ccc(C)cc1)NC(=O)c1csc([C@@H](C[C@H](C(C)C)N(C)C(=O)[C@@H](CC(=O)[C@H]2CCCCN2C)C2CSC2)OC(C)=O)n1. The largest absolute Gasteiger partial charge is 0.469 e. The van der Waals surface area contributed by atoms with Gasteiger partial charge < -0.3 is 19.7 Å². The van der Waals surface area contributed by atoms with Crippen LogP contribution in [0.4, 0.5) is 0 Å². The number of ether oxygens (including phenoxy) is 2. The number of carbonyl (C=O) groups excluding carboxylic acids is 5. The van der Waals surface area contributed by atoms with Crippen molar-refractivity contribution >= 4 is 52.6 Å². The number of methoxy groups -OCH3 is 1. The third kappa shape index (κ3) is 11.8. The first-order valence-corrected chi connectivity index (χ1v) is 20.9. The molecule has 1 aromatic heterocycles. The van der Waals surface area contributed by atoms with Crippen molar-refractivity contribution in [2.24, 2.45) is 23.7 Å². The number of nitrogens with one attached hydrogen (secondary N) is 1. The van der Waals surface area contributed by atoms with E-state index in [-0.39, 0.29) is 66.2 Å². The number of piperidine rings is 1. The second-order valence-corrected chi connectivity index (χ2v) is 17.2. The standard InChI is InChI=1S/C40H58N4O7S2/c1-24(2)34(44(7)39(48)31(29-21-52-22-29)19-35(46)33-11-9-10-16-43(33)6)20-36(51-27(5)45)38-42-32(23-53-38)37(47)41-30(17-26(4)40(49)50-8)18-28-14-12-25(3)13-15-28/h12-15,23-24,26,29-31,33-34,36H,9-11,16-22H2,1-8H3,(H,41,47)/t26-,30+,31-,33+,34+,36+/m0/s1. The van der Waals surface area contributed by atoms with Gasteiger partial charge in [-0.3, -0.25) is 28.9 Å². The summed E-state index contributed by atoms with van der Waals surface area (Å²) in [6.45, 7) is 10.1. The Labute approximate surface area is 323 Å². The summed E-state index contributed by atoms with van der Waals surface area (Å²) >= 11 is 3.03. The number of benzene rings is 1. The Morgan fingerprint density at radius 3 is 2.34 bits per heavy atom. The van der Waals surface area contributed by atoms with Gasteiger partial charge in [0, 0.05) is 50.2 Å². The zero-order chi connectivity index (χ0) is 38.8. The number of likely N-dealkylation sites (tertiary alicyclic amines) is 1. The topological polar surface area (TPSA) is 135 Å². The molecule has 1 aromatic carbocycles. The summed E-state index contributed by atoms with van der Waals surface area (Å²) < 4.78 is 10.8. The van der Waals surface area contributed by atoms with Crippen molar-refractivity contribution in [1.29, 1.82) is 0 Å². The fourth-order valence-corrected chi connectivity index (χ4v) is 9.24. The maximum atomic E-state index is 14.3. The summed E-state index contributed by atoms with van der Waals surface area (Å²) in [6.07, 6.45) is 3.55. The minimum absolute atomic E-state index is 0.000618. The number of likely N-dealkylation sites (N-methyl/N-ethyl adjacent to an activating group) is 1. The van der Waals surface area contributed by atoms with Gasteiger partial charge in [0.05, 0.1) is 19.1 Å². The van der Waals surface area contributed by atoms with Crippen LogP contribution in [0, 0.1) is 30.6 Å². The maximum absolute atomic E-state index is 14.3. The average Bonchev–Trinajstić information content (AvgIpc) is 3.59. The molecule has 53 heavy (non-hydrogen) atoms. The molecular weight excluding hydrogens is 713 g/mol. The van der Waals surface area contributed by atoms with Crippen LogP contribution >= 0.6 is 23.1 Å². The number of esters is 2. The first-order chi connectivity index (χ1) is 25.2. The molecule has 2 aromatic rings. The molecule has 1 N–H and O–H groups in total. The highest BCUT2D eigenvalue weighted by Crippen LogP contribution is 2.37. The van der Waals surface area contributed by atoms with Crippen molar-refractivity contribution in [3.63, 3.8) is 0 Å². The molecule has 0 bridgehead atoms. The number of hydrogen-bond donors (Lipinski definition) is 1. The monoisotopic (exact) mass is 770 g/mol. The number of ketones is 1. The molecule has 292 valence electrons. The van der Waals surface area contributed by atoms with Gasteiger partial charge in [0.1, 0.15) is 10.7 Å². The summed E-state index contributed by atoms with van der Waals surface area (Å²) in [6, 6.07) is 7.21. The van der Waals surface area contributed by atoms with E-state index in [1.165, 1.54) is 25.4 Å². The van der Waals surface area contributed by atoms with E-state index in [0.29, 0.717) is 17.8 Å². The number of thiazole rings is 1. The highest BCUT2D eigenvalue weighted by Gasteiger charge is 2.41. The molecule has 6 atom stereocenters. The van der Waals surface area contributed by atoms with E-state index in [9.17, 15) is 24.0 Å². The summed E-state index contributed by atoms with van der Waals surface area (Å²) in [4.78, 5) is 74.7. The molecule has 3 heterocycles. The van der Waals surface area contributed by atoms with E-state index in [1.807, 2.05) is 52.1 Å². The van der Waals surface area contributed by atoms with E-state index in [1.54, 1.807) is 36.0 Å². The zero-order valence-electron chi connectivity index (χ0n) is 32.6. The quantitative estimate of drug-likeness (QED) is 0.183. The molecule has 0 aliphatic carbocycles. The predicted molar refractivity (Wildman–Crippen MR) is 209 cm³/mol. The number of hydrogen-bond acceptors (Lipinski definition) is 11. The lowest BCUT2D eigenvalue weighted by atomic mass is 9.84. The molecule has 11 nitrogen and oxygen atoms in total. The third-order valence-electron chi connectivity index (χ3n) is 10.7. The normalized spacial score (nSPS) is 19.3. The van der Waals surface area contributed by atoms with Crippen LogP contribution in [0.5, 0.6) is 0 Å². The van der Waals surface area contributed by atoms with Crippen LogP contribution in [-0.2, 0) is 35.1 Å². The first-order valence-electron chi connectivity index (χ1n) is 18.8. The average molecular weight is 771 g/mol. The fraction of sp³-hybridized carbons (Fsp3) is 0.650. The van der Waals surface area contributed by atoms with Crippen LogP contribution < -0.4 is 5.32 Å². The van der Waals surface area contributed by atoms with Crippen LogP contribution in [0.1, 0.15) is 98.9 Å². The highest BCUT2D eigenvalue weighted by atomic mass is 32.2. The minimum atomic E-state index is -0.792. The second kappa shape index (κ2) is 19.9. The summed E-state index contributed by atoms with van der Waals surface area (Å²) in [7, 11) is 5.14. The van der Waals surface area contributed by atoms with Gasteiger partial charge in [0.2, 0.25) is 5.91 Å². The van der Waals surface area contributed by atoms with E-state index >= 15 is 0 Å². The maximum Gasteiger partial charge on any atom is 0.308 e. The Bertz CT molecular complexity index is 1560. The van der Waals surface area contributed by atoms with Gasteiger partial charge in [-0.05, 0) is 75.1 Å². The molecule has 2 aliphatic rings. The predicted octanol–water partition coefficient (Wildman–Crippen LogP) is 5.89. The van der Waals surface area contributed by atoms with Gasteiger partial charge in [0.25, 0.3) is 5.91 Å². The van der Waals surface area contributed by atoms with Crippen molar-refractivity contribution in [2.75, 3.05) is 39.3 Å². The van der Waals surface area contributed by atoms with Crippen LogP contribution in [0.25, 0.3) is 0 Å². The van der Waals surface area contributed by atoms with Crippen molar-refractivity contribution in [3.8, 4) is 0 Å². The Hall–Kier alpha value is -3.29. The van der Waals surface area contributed by atoms with E-state index in [2.05, 4.69) is 15.2 Å². The molecule has 2 saturated heterocycles. The number of thioether (sulfide) groups is 1. The number of aryl methyl sites for hydroxylation is 1. The Morgan fingerprint density at radius 2 is 1.75 bits per heavy atom. The van der Waals surface area contributed by atoms with Crippen molar-refractivity contribution in [1.82, 2.24) is 20.1 Å². The molecule has 0 radical (unpaired) electrons. The highest BCUT2D eigenvalue weighted by molar-refractivity contribution is 8.00. The van der Waals surface area contributed by atoms with Crippen molar-refractivity contribution in [3.05, 3.63) is 51.5 Å². The number of carbonyl (C=O) groups is 5. The molecule has 4 rings (SSSR count). The van der Waals surface area contributed by atoms with E-state index in [4.69, 9.17) is 9.47 Å². The summed E-state index contributed by atoms with van der Waals surface area (Å²) in [5.74, 6) is -0.116. The number of aromatic nitrogens is 1. The first kappa shape index (κ1) is 42.5. The lowest BCUT2D eigenvalue weighted by molar-refractivity contribution is -0.149. The zero-order valence-corrected chi connectivity index (χ0v) is 34.2. The molecule has 0 saturated carbocycles. The summed E-state index contributed by atoms with van der Waals surface area (Å²) in [5.41, 5.74) is 2.33. The van der Waals surface area contributed by atoms with Gasteiger partial charge in [-0.25, -0.2) is 4.98 Å². The number of Topliss-reactive ketones (excluding diaryl/α,β-unsaturated/α-hetero) is 1. The van der Waals surface area contributed by atoms with Gasteiger partial charge in [-0.2, -0.15) is 11.8 Å². The Morgan fingerprint density at radius 1 is 1.06 bits per heavy atom. The lowest BCUT2D eigenvalue weighted by Gasteiger charge is -2.40. The van der Waals surface area contributed by atoms with Crippen LogP contribution in [-0.4, -0.2) is 102 Å². The second-order valence-electron chi connectivity index (χ2n) is 15.3. The number of amides is 2. The van der Waals surface area contributed by atoms with Crippen molar-refractivity contribution < 1.29 is 33.4 Å². The Balaban J connectivity index is 1.50. The Kier molecular flexibility index (Phi) is 15.9. The van der Waals surface area contributed by atoms with Gasteiger partial charge in [-0.15, -0.1) is 11.3 Å². The number of rotatable bonds is 18. The lowest BCUT2D eigenvalue weighted by Crippen LogP contribution is -2.50. The molecule has 0 spiro atoms. The van der Waals surface area contributed by atoms with E-state index < -0.39 is 29.8 Å². The molecule has 2 aliphatic heterocycles. The van der Waals surface area contributed by atoms with Crippen LogP contribution in [0.2, 0.25) is 0 Å². The summed E-state index contributed by atoms with van der Waals surface area (Å²) in [5, 5.41) is 5.17.